The Labute approximate surface area is 162 Å². The summed E-state index contributed by atoms with van der Waals surface area (Å²) in [5.74, 6) is 0.399. The molecule has 0 spiro atoms. The Morgan fingerprint density at radius 3 is 2.46 bits per heavy atom. The first kappa shape index (κ1) is 18.3. The van der Waals surface area contributed by atoms with Gasteiger partial charge in [-0.25, -0.2) is 4.79 Å². The van der Waals surface area contributed by atoms with Crippen LogP contribution in [0.25, 0.3) is 11.1 Å². The molecule has 3 aromatic rings. The molecule has 7 heteroatoms. The third-order valence-corrected chi connectivity index (χ3v) is 5.16. The lowest BCUT2D eigenvalue weighted by atomic mass is 10.1. The van der Waals surface area contributed by atoms with Crippen LogP contribution in [0.2, 0.25) is 0 Å². The van der Waals surface area contributed by atoms with Gasteiger partial charge in [0.2, 0.25) is 0 Å². The highest BCUT2D eigenvalue weighted by molar-refractivity contribution is 5.94. The van der Waals surface area contributed by atoms with Gasteiger partial charge in [0, 0.05) is 31.7 Å². The molecule has 1 fully saturated rings. The smallest absolute Gasteiger partial charge is 0.421 e. The predicted octanol–water partition coefficient (Wildman–Crippen LogP) is 2.33. The van der Waals surface area contributed by atoms with Crippen molar-refractivity contribution in [3.63, 3.8) is 0 Å². The normalized spacial score (nSPS) is 15.1. The minimum Gasteiger partial charge on any atom is -0.497 e. The van der Waals surface area contributed by atoms with Gasteiger partial charge in [0.15, 0.2) is 5.58 Å². The Morgan fingerprint density at radius 1 is 1.07 bits per heavy atom. The monoisotopic (exact) mass is 381 g/mol. The molecule has 7 nitrogen and oxygen atoms in total. The highest BCUT2D eigenvalue weighted by Gasteiger charge is 2.23. The van der Waals surface area contributed by atoms with Gasteiger partial charge in [0.1, 0.15) is 5.75 Å². The number of methoxy groups -OCH3 is 1. The fraction of sp³-hybridized carbons (Fsp3) is 0.333. The molecule has 0 radical (unpaired) electrons. The van der Waals surface area contributed by atoms with Crippen LogP contribution in [0.5, 0.6) is 5.75 Å². The number of rotatable bonds is 4. The Kier molecular flexibility index (Phi) is 4.92. The van der Waals surface area contributed by atoms with Gasteiger partial charge in [-0.05, 0) is 48.9 Å². The summed E-state index contributed by atoms with van der Waals surface area (Å²) in [6.45, 7) is 5.09. The molecule has 2 aromatic carbocycles. The number of ether oxygens (including phenoxy) is 1. The molecule has 1 amide bonds. The molecule has 1 aromatic heterocycles. The van der Waals surface area contributed by atoms with Crippen LogP contribution in [0.3, 0.4) is 0 Å². The van der Waals surface area contributed by atoms with Crippen molar-refractivity contribution in [1.82, 2.24) is 14.4 Å². The van der Waals surface area contributed by atoms with E-state index in [-0.39, 0.29) is 11.7 Å². The minimum absolute atomic E-state index is 0.0175. The van der Waals surface area contributed by atoms with E-state index in [1.165, 1.54) is 0 Å². The SMILES string of the molecule is COc1ccc(C(=O)N2CCN(Cn3c(=O)oc4ccc(C)cc43)CC2)cc1. The van der Waals surface area contributed by atoms with E-state index in [0.29, 0.717) is 44.0 Å². The highest BCUT2D eigenvalue weighted by Crippen LogP contribution is 2.17. The molecule has 0 N–H and O–H groups in total. The van der Waals surface area contributed by atoms with Gasteiger partial charge in [0.05, 0.1) is 19.3 Å². The maximum atomic E-state index is 12.7. The van der Waals surface area contributed by atoms with Crippen molar-refractivity contribution in [2.24, 2.45) is 0 Å². The molecule has 0 saturated carbocycles. The second-order valence-electron chi connectivity index (χ2n) is 7.05. The van der Waals surface area contributed by atoms with Crippen LogP contribution in [0.1, 0.15) is 15.9 Å². The van der Waals surface area contributed by atoms with E-state index < -0.39 is 0 Å². The van der Waals surface area contributed by atoms with Gasteiger partial charge < -0.3 is 14.1 Å². The summed E-state index contributed by atoms with van der Waals surface area (Å²) in [4.78, 5) is 28.9. The number of oxazole rings is 1. The van der Waals surface area contributed by atoms with Crippen molar-refractivity contribution in [2.75, 3.05) is 33.3 Å². The molecule has 1 aliphatic heterocycles. The second kappa shape index (κ2) is 7.52. The lowest BCUT2D eigenvalue weighted by Gasteiger charge is -2.34. The van der Waals surface area contributed by atoms with E-state index in [9.17, 15) is 9.59 Å². The maximum absolute atomic E-state index is 12.7. The van der Waals surface area contributed by atoms with Crippen molar-refractivity contribution in [3.8, 4) is 5.75 Å². The summed E-state index contributed by atoms with van der Waals surface area (Å²) >= 11 is 0. The summed E-state index contributed by atoms with van der Waals surface area (Å²) in [6, 6.07) is 12.9. The van der Waals surface area contributed by atoms with E-state index in [4.69, 9.17) is 9.15 Å². The summed E-state index contributed by atoms with van der Waals surface area (Å²) in [6.07, 6.45) is 0. The minimum atomic E-state index is -0.350. The van der Waals surface area contributed by atoms with Gasteiger partial charge in [0.25, 0.3) is 5.91 Å². The zero-order valence-electron chi connectivity index (χ0n) is 16.1. The lowest BCUT2D eigenvalue weighted by molar-refractivity contribution is 0.0592. The first-order valence-electron chi connectivity index (χ1n) is 9.31. The first-order valence-corrected chi connectivity index (χ1v) is 9.31. The molecule has 146 valence electrons. The average Bonchev–Trinajstić information content (AvgIpc) is 3.03. The van der Waals surface area contributed by atoms with Crippen LogP contribution in [0, 0.1) is 6.92 Å². The van der Waals surface area contributed by atoms with Gasteiger partial charge in [-0.3, -0.25) is 14.3 Å². The number of carbonyl (C=O) groups is 1. The Balaban J connectivity index is 1.42. The first-order chi connectivity index (χ1) is 13.5. The van der Waals surface area contributed by atoms with Gasteiger partial charge in [-0.15, -0.1) is 0 Å². The van der Waals surface area contributed by atoms with E-state index in [2.05, 4.69) is 4.90 Å². The molecule has 0 bridgehead atoms. The molecule has 0 unspecified atom stereocenters. The zero-order chi connectivity index (χ0) is 19.7. The number of hydrogen-bond acceptors (Lipinski definition) is 5. The van der Waals surface area contributed by atoms with Crippen molar-refractivity contribution >= 4 is 17.0 Å². The predicted molar refractivity (Wildman–Crippen MR) is 106 cm³/mol. The average molecular weight is 381 g/mol. The highest BCUT2D eigenvalue weighted by atomic mass is 16.5. The largest absolute Gasteiger partial charge is 0.497 e. The quantitative estimate of drug-likeness (QED) is 0.694. The number of amides is 1. The molecule has 0 aliphatic carbocycles. The van der Waals surface area contributed by atoms with E-state index in [0.717, 1.165) is 16.8 Å². The number of fused-ring (bicyclic) bond motifs is 1. The fourth-order valence-corrected chi connectivity index (χ4v) is 3.51. The Morgan fingerprint density at radius 2 is 1.79 bits per heavy atom. The van der Waals surface area contributed by atoms with E-state index in [1.807, 2.05) is 30.0 Å². The molecular weight excluding hydrogens is 358 g/mol. The third kappa shape index (κ3) is 3.53. The number of benzene rings is 2. The van der Waals surface area contributed by atoms with Crippen LogP contribution >= 0.6 is 0 Å². The zero-order valence-corrected chi connectivity index (χ0v) is 16.1. The Hall–Kier alpha value is -3.06. The van der Waals surface area contributed by atoms with Crippen molar-refractivity contribution in [3.05, 3.63) is 64.1 Å². The molecule has 0 atom stereocenters. The number of nitrogens with zero attached hydrogens (tertiary/aromatic N) is 3. The van der Waals surface area contributed by atoms with Crippen LogP contribution in [-0.4, -0.2) is 53.6 Å². The number of piperazine rings is 1. The molecule has 2 heterocycles. The third-order valence-electron chi connectivity index (χ3n) is 5.16. The topological polar surface area (TPSA) is 67.9 Å². The Bertz CT molecular complexity index is 1040. The number of aromatic nitrogens is 1. The lowest BCUT2D eigenvalue weighted by Crippen LogP contribution is -2.49. The fourth-order valence-electron chi connectivity index (χ4n) is 3.51. The number of carbonyl (C=O) groups excluding carboxylic acids is 1. The summed E-state index contributed by atoms with van der Waals surface area (Å²) in [5, 5.41) is 0. The standard InChI is InChI=1S/C21H23N3O4/c1-15-3-8-19-18(13-15)24(21(26)28-19)14-22-9-11-23(12-10-22)20(25)16-4-6-17(27-2)7-5-16/h3-8,13H,9-12,14H2,1-2H3. The molecule has 28 heavy (non-hydrogen) atoms. The van der Waals surface area contributed by atoms with Gasteiger partial charge in [-0.1, -0.05) is 6.07 Å². The van der Waals surface area contributed by atoms with Crippen molar-refractivity contribution < 1.29 is 13.9 Å². The number of aryl methyl sites for hydroxylation is 1. The maximum Gasteiger partial charge on any atom is 0.421 e. The summed E-state index contributed by atoms with van der Waals surface area (Å²) in [5.41, 5.74) is 3.14. The van der Waals surface area contributed by atoms with E-state index >= 15 is 0 Å². The van der Waals surface area contributed by atoms with E-state index in [1.54, 1.807) is 35.9 Å². The van der Waals surface area contributed by atoms with Crippen LogP contribution in [-0.2, 0) is 6.67 Å². The van der Waals surface area contributed by atoms with Gasteiger partial charge >= 0.3 is 5.76 Å². The van der Waals surface area contributed by atoms with Crippen LogP contribution < -0.4 is 10.5 Å². The second-order valence-corrected chi connectivity index (χ2v) is 7.05. The molecular formula is C21H23N3O4. The van der Waals surface area contributed by atoms with Crippen molar-refractivity contribution in [2.45, 2.75) is 13.6 Å². The van der Waals surface area contributed by atoms with Crippen LogP contribution in [0.15, 0.2) is 51.7 Å². The summed E-state index contributed by atoms with van der Waals surface area (Å²) < 4.78 is 12.1. The van der Waals surface area contributed by atoms with Crippen LogP contribution in [0.4, 0.5) is 0 Å². The number of hydrogen-bond donors (Lipinski definition) is 0. The van der Waals surface area contributed by atoms with Gasteiger partial charge in [-0.2, -0.15) is 0 Å². The molecule has 1 saturated heterocycles. The van der Waals surface area contributed by atoms with Crippen molar-refractivity contribution in [1.29, 1.82) is 0 Å². The molecule has 4 rings (SSSR count). The molecule has 1 aliphatic rings. The summed E-state index contributed by atoms with van der Waals surface area (Å²) in [7, 11) is 1.60.